The molecule has 1 aliphatic carbocycles. The Morgan fingerprint density at radius 2 is 1.89 bits per heavy atom. The zero-order valence-corrected chi connectivity index (χ0v) is 11.7. The first-order valence-corrected chi connectivity index (χ1v) is 6.90. The van der Waals surface area contributed by atoms with Gasteiger partial charge in [-0.1, -0.05) is 36.0 Å². The molecule has 0 heterocycles. The second-order valence-corrected chi connectivity index (χ2v) is 5.55. The second kappa shape index (κ2) is 5.94. The fourth-order valence-corrected chi connectivity index (χ4v) is 2.66. The van der Waals surface area contributed by atoms with Crippen LogP contribution in [0.5, 0.6) is 0 Å². The summed E-state index contributed by atoms with van der Waals surface area (Å²) in [5, 5.41) is 14.6. The summed E-state index contributed by atoms with van der Waals surface area (Å²) in [4.78, 5) is 10.6. The Morgan fingerprint density at radius 1 is 1.26 bits per heavy atom. The average Bonchev–Trinajstić information content (AvgIpc) is 2.36. The highest BCUT2D eigenvalue weighted by molar-refractivity contribution is 6.42. The number of nitro benzene ring substituents is 1. The third-order valence-corrected chi connectivity index (χ3v) is 4.12. The molecule has 3 N–H and O–H groups in total. The molecule has 0 bridgehead atoms. The van der Waals surface area contributed by atoms with E-state index in [2.05, 4.69) is 5.32 Å². The van der Waals surface area contributed by atoms with Crippen LogP contribution in [0.15, 0.2) is 12.1 Å². The van der Waals surface area contributed by atoms with Crippen LogP contribution in [-0.2, 0) is 0 Å². The predicted octanol–water partition coefficient (Wildman–Crippen LogP) is 3.58. The Bertz CT molecular complexity index is 496. The normalized spacial score (nSPS) is 23.1. The van der Waals surface area contributed by atoms with Crippen molar-refractivity contribution in [1.82, 2.24) is 0 Å². The molecule has 0 amide bonds. The zero-order chi connectivity index (χ0) is 14.0. The highest BCUT2D eigenvalue weighted by atomic mass is 35.5. The van der Waals surface area contributed by atoms with Gasteiger partial charge in [0.1, 0.15) is 5.69 Å². The molecule has 104 valence electrons. The molecule has 1 saturated carbocycles. The highest BCUT2D eigenvalue weighted by Gasteiger charge is 2.25. The Morgan fingerprint density at radius 3 is 2.53 bits per heavy atom. The molecule has 0 aliphatic heterocycles. The summed E-state index contributed by atoms with van der Waals surface area (Å²) in [5.74, 6) is 0. The van der Waals surface area contributed by atoms with Gasteiger partial charge in [0.15, 0.2) is 0 Å². The van der Waals surface area contributed by atoms with Gasteiger partial charge in [-0.2, -0.15) is 0 Å². The predicted molar refractivity (Wildman–Crippen MR) is 77.0 cm³/mol. The summed E-state index contributed by atoms with van der Waals surface area (Å²) in [6.45, 7) is 0. The summed E-state index contributed by atoms with van der Waals surface area (Å²) >= 11 is 11.7. The number of nitrogens with one attached hydrogen (secondary N) is 1. The van der Waals surface area contributed by atoms with Crippen LogP contribution in [0.3, 0.4) is 0 Å². The minimum atomic E-state index is -0.473. The first-order chi connectivity index (χ1) is 8.99. The first-order valence-electron chi connectivity index (χ1n) is 6.14. The van der Waals surface area contributed by atoms with Crippen LogP contribution in [-0.4, -0.2) is 17.0 Å². The van der Waals surface area contributed by atoms with Crippen molar-refractivity contribution in [1.29, 1.82) is 0 Å². The van der Waals surface area contributed by atoms with Crippen LogP contribution in [0, 0.1) is 10.1 Å². The molecule has 7 heteroatoms. The Hall–Kier alpha value is -1.04. The van der Waals surface area contributed by atoms with Gasteiger partial charge in [-0.3, -0.25) is 10.1 Å². The Kier molecular flexibility index (Phi) is 4.50. The minimum absolute atomic E-state index is 0.00260. The van der Waals surface area contributed by atoms with Gasteiger partial charge < -0.3 is 11.1 Å². The van der Waals surface area contributed by atoms with Gasteiger partial charge in [-0.05, 0) is 18.9 Å². The maximum Gasteiger partial charge on any atom is 0.293 e. The molecule has 5 nitrogen and oxygen atoms in total. The molecule has 0 saturated heterocycles. The monoisotopic (exact) mass is 303 g/mol. The van der Waals surface area contributed by atoms with E-state index in [1.165, 1.54) is 12.1 Å². The number of halogens is 2. The molecule has 2 unspecified atom stereocenters. The number of benzene rings is 1. The van der Waals surface area contributed by atoms with Crippen LogP contribution < -0.4 is 11.1 Å². The molecule has 2 atom stereocenters. The van der Waals surface area contributed by atoms with Gasteiger partial charge >= 0.3 is 0 Å². The molecule has 1 aromatic rings. The van der Waals surface area contributed by atoms with E-state index in [-0.39, 0.29) is 22.8 Å². The fourth-order valence-electron chi connectivity index (χ4n) is 2.34. The Balaban J connectivity index is 2.27. The van der Waals surface area contributed by atoms with E-state index in [0.717, 1.165) is 25.7 Å². The third-order valence-electron chi connectivity index (χ3n) is 3.40. The molecule has 1 aromatic carbocycles. The van der Waals surface area contributed by atoms with Crippen molar-refractivity contribution in [3.8, 4) is 0 Å². The van der Waals surface area contributed by atoms with E-state index < -0.39 is 4.92 Å². The number of nitrogens with zero attached hydrogens (tertiary/aromatic N) is 1. The summed E-state index contributed by atoms with van der Waals surface area (Å²) in [7, 11) is 0. The lowest BCUT2D eigenvalue weighted by Gasteiger charge is -2.30. The zero-order valence-electron chi connectivity index (χ0n) is 10.2. The van der Waals surface area contributed by atoms with Crippen LogP contribution in [0.4, 0.5) is 11.4 Å². The number of nitro groups is 1. The van der Waals surface area contributed by atoms with E-state index in [4.69, 9.17) is 28.9 Å². The number of rotatable bonds is 3. The number of hydrogen-bond donors (Lipinski definition) is 2. The molecule has 0 aromatic heterocycles. The lowest BCUT2D eigenvalue weighted by atomic mass is 9.91. The maximum atomic E-state index is 11.0. The molecule has 19 heavy (non-hydrogen) atoms. The van der Waals surface area contributed by atoms with Crippen molar-refractivity contribution < 1.29 is 4.92 Å². The van der Waals surface area contributed by atoms with Crippen LogP contribution in [0.1, 0.15) is 25.7 Å². The molecule has 0 spiro atoms. The van der Waals surface area contributed by atoms with Crippen LogP contribution in [0.25, 0.3) is 0 Å². The molecule has 1 fully saturated rings. The van der Waals surface area contributed by atoms with Gasteiger partial charge in [0.05, 0.1) is 15.0 Å². The quantitative estimate of drug-likeness (QED) is 0.660. The molecule has 0 radical (unpaired) electrons. The largest absolute Gasteiger partial charge is 0.375 e. The molecular formula is C12H15Cl2N3O2. The van der Waals surface area contributed by atoms with Gasteiger partial charge in [0, 0.05) is 18.2 Å². The standard InChI is InChI=1S/C12H15Cl2N3O2/c13-7-5-11(12(17(18)19)6-8(7)14)16-10-4-2-1-3-9(10)15/h5-6,9-10,16H,1-4,15H2. The van der Waals surface area contributed by atoms with Crippen molar-refractivity contribution in [3.63, 3.8) is 0 Å². The van der Waals surface area contributed by atoms with E-state index in [0.29, 0.717) is 10.7 Å². The summed E-state index contributed by atoms with van der Waals surface area (Å²) < 4.78 is 0. The summed E-state index contributed by atoms with van der Waals surface area (Å²) in [5.41, 5.74) is 6.33. The van der Waals surface area contributed by atoms with Gasteiger partial charge in [-0.15, -0.1) is 0 Å². The van der Waals surface area contributed by atoms with E-state index in [1.54, 1.807) is 0 Å². The van der Waals surface area contributed by atoms with Crippen molar-refractivity contribution >= 4 is 34.6 Å². The van der Waals surface area contributed by atoms with Gasteiger partial charge in [-0.25, -0.2) is 0 Å². The van der Waals surface area contributed by atoms with Crippen molar-refractivity contribution in [2.24, 2.45) is 5.73 Å². The number of nitrogens with two attached hydrogens (primary N) is 1. The van der Waals surface area contributed by atoms with E-state index in [1.807, 2.05) is 0 Å². The van der Waals surface area contributed by atoms with E-state index in [9.17, 15) is 10.1 Å². The summed E-state index contributed by atoms with van der Waals surface area (Å²) in [6.07, 6.45) is 3.99. The number of anilines is 1. The number of hydrogen-bond acceptors (Lipinski definition) is 4. The minimum Gasteiger partial charge on any atom is -0.375 e. The van der Waals surface area contributed by atoms with Crippen LogP contribution in [0.2, 0.25) is 10.0 Å². The van der Waals surface area contributed by atoms with Gasteiger partial charge in [0.25, 0.3) is 5.69 Å². The smallest absolute Gasteiger partial charge is 0.293 e. The Labute approximate surface area is 121 Å². The molecular weight excluding hydrogens is 289 g/mol. The van der Waals surface area contributed by atoms with Gasteiger partial charge in [0.2, 0.25) is 0 Å². The topological polar surface area (TPSA) is 81.2 Å². The van der Waals surface area contributed by atoms with Crippen molar-refractivity contribution in [2.75, 3.05) is 5.32 Å². The average molecular weight is 304 g/mol. The molecule has 2 rings (SSSR count). The van der Waals surface area contributed by atoms with Crippen LogP contribution >= 0.6 is 23.2 Å². The fraction of sp³-hybridized carbons (Fsp3) is 0.500. The third kappa shape index (κ3) is 3.29. The highest BCUT2D eigenvalue weighted by Crippen LogP contribution is 2.35. The van der Waals surface area contributed by atoms with Crippen molar-refractivity contribution in [2.45, 2.75) is 37.8 Å². The lowest BCUT2D eigenvalue weighted by molar-refractivity contribution is -0.384. The second-order valence-electron chi connectivity index (χ2n) is 4.74. The SMILES string of the molecule is NC1CCCCC1Nc1cc(Cl)c(Cl)cc1[N+](=O)[O-]. The van der Waals surface area contributed by atoms with Crippen molar-refractivity contribution in [3.05, 3.63) is 32.3 Å². The maximum absolute atomic E-state index is 11.0. The first kappa shape index (κ1) is 14.4. The lowest BCUT2D eigenvalue weighted by Crippen LogP contribution is -2.42. The van der Waals surface area contributed by atoms with E-state index >= 15 is 0 Å². The summed E-state index contributed by atoms with van der Waals surface area (Å²) in [6, 6.07) is 2.79. The molecule has 1 aliphatic rings.